The summed E-state index contributed by atoms with van der Waals surface area (Å²) in [5, 5.41) is 14.8. The molecule has 0 saturated carbocycles. The number of anilines is 1. The molecule has 1 N–H and O–H groups in total. The second-order valence-corrected chi connectivity index (χ2v) is 8.64. The van der Waals surface area contributed by atoms with Gasteiger partial charge in [-0.3, -0.25) is 20.2 Å². The van der Waals surface area contributed by atoms with E-state index in [2.05, 4.69) is 31.3 Å². The first-order chi connectivity index (χ1) is 15.2. The van der Waals surface area contributed by atoms with Crippen LogP contribution in [0.25, 0.3) is 6.08 Å². The Morgan fingerprint density at radius 1 is 1.16 bits per heavy atom. The number of carbonyl (C=O) groups excluding carboxylic acids is 1. The van der Waals surface area contributed by atoms with Crippen LogP contribution in [0.4, 0.5) is 11.4 Å². The molecule has 32 heavy (non-hydrogen) atoms. The van der Waals surface area contributed by atoms with Gasteiger partial charge in [0.25, 0.3) is 5.69 Å². The Labute approximate surface area is 197 Å². The van der Waals surface area contributed by atoms with E-state index in [0.29, 0.717) is 47.9 Å². The lowest BCUT2D eigenvalue weighted by molar-refractivity contribution is -0.384. The van der Waals surface area contributed by atoms with Gasteiger partial charge in [0, 0.05) is 43.3 Å². The van der Waals surface area contributed by atoms with E-state index in [0.717, 1.165) is 5.56 Å². The molecule has 1 amide bonds. The lowest BCUT2D eigenvalue weighted by Gasteiger charge is -2.36. The van der Waals surface area contributed by atoms with Gasteiger partial charge in [-0.05, 0) is 47.5 Å². The zero-order valence-electron chi connectivity index (χ0n) is 18.0. The summed E-state index contributed by atoms with van der Waals surface area (Å²) in [6, 6.07) is 12.7. The van der Waals surface area contributed by atoms with Crippen molar-refractivity contribution >= 4 is 52.3 Å². The molecular weight excluding hydrogens is 448 g/mol. The average molecular weight is 473 g/mol. The SMILES string of the molecule is CC(C)c1ccc(/C=C/C(=O)NC(=S)N2CCN(c3ccc(Cl)cc3[N+](=O)[O-])CC2)cc1. The molecule has 0 radical (unpaired) electrons. The zero-order valence-corrected chi connectivity index (χ0v) is 19.5. The van der Waals surface area contributed by atoms with Gasteiger partial charge in [-0.2, -0.15) is 0 Å². The maximum atomic E-state index is 12.3. The predicted octanol–water partition coefficient (Wildman–Crippen LogP) is 4.61. The number of nitro groups is 1. The summed E-state index contributed by atoms with van der Waals surface area (Å²) >= 11 is 11.3. The summed E-state index contributed by atoms with van der Waals surface area (Å²) in [6.07, 6.45) is 3.21. The number of carbonyl (C=O) groups is 1. The minimum Gasteiger partial charge on any atom is -0.362 e. The molecule has 1 heterocycles. The summed E-state index contributed by atoms with van der Waals surface area (Å²) in [5.74, 6) is 0.165. The van der Waals surface area contributed by atoms with Crippen LogP contribution in [-0.4, -0.2) is 47.0 Å². The van der Waals surface area contributed by atoms with Gasteiger partial charge in [-0.15, -0.1) is 0 Å². The maximum Gasteiger partial charge on any atom is 0.294 e. The molecule has 0 spiro atoms. The molecule has 1 saturated heterocycles. The minimum absolute atomic E-state index is 0.0200. The maximum absolute atomic E-state index is 12.3. The highest BCUT2D eigenvalue weighted by Gasteiger charge is 2.25. The van der Waals surface area contributed by atoms with Gasteiger partial charge >= 0.3 is 0 Å². The van der Waals surface area contributed by atoms with Crippen LogP contribution < -0.4 is 10.2 Å². The molecule has 2 aromatic carbocycles. The van der Waals surface area contributed by atoms with Crippen molar-refractivity contribution < 1.29 is 9.72 Å². The monoisotopic (exact) mass is 472 g/mol. The van der Waals surface area contributed by atoms with Crippen LogP contribution in [0.3, 0.4) is 0 Å². The van der Waals surface area contributed by atoms with E-state index < -0.39 is 4.92 Å². The van der Waals surface area contributed by atoms with E-state index >= 15 is 0 Å². The van der Waals surface area contributed by atoms with E-state index in [4.69, 9.17) is 23.8 Å². The van der Waals surface area contributed by atoms with Crippen LogP contribution in [-0.2, 0) is 4.79 Å². The van der Waals surface area contributed by atoms with Crippen molar-refractivity contribution in [2.75, 3.05) is 31.1 Å². The van der Waals surface area contributed by atoms with Crippen molar-refractivity contribution in [3.63, 3.8) is 0 Å². The Morgan fingerprint density at radius 2 is 1.81 bits per heavy atom. The standard InChI is InChI=1S/C23H25ClN4O3S/c1-16(2)18-6-3-17(4-7-18)5-10-22(29)25-23(32)27-13-11-26(12-14-27)20-9-8-19(24)15-21(20)28(30)31/h3-10,15-16H,11-14H2,1-2H3,(H,25,29,32)/b10-5+. The van der Waals surface area contributed by atoms with E-state index in [1.807, 2.05) is 21.9 Å². The number of nitro benzene ring substituents is 1. The lowest BCUT2D eigenvalue weighted by Crippen LogP contribution is -2.52. The third kappa shape index (κ3) is 6.05. The van der Waals surface area contributed by atoms with E-state index in [-0.39, 0.29) is 11.6 Å². The lowest BCUT2D eigenvalue weighted by atomic mass is 10.0. The van der Waals surface area contributed by atoms with Gasteiger partial charge < -0.3 is 9.80 Å². The minimum atomic E-state index is -0.429. The number of hydrogen-bond acceptors (Lipinski definition) is 5. The molecule has 7 nitrogen and oxygen atoms in total. The molecule has 168 valence electrons. The average Bonchev–Trinajstić information content (AvgIpc) is 2.78. The molecule has 1 fully saturated rings. The van der Waals surface area contributed by atoms with Gasteiger partial charge in [0.05, 0.1) is 4.92 Å². The summed E-state index contributed by atoms with van der Waals surface area (Å²) < 4.78 is 0. The number of nitrogens with zero attached hydrogens (tertiary/aromatic N) is 3. The number of amides is 1. The fourth-order valence-electron chi connectivity index (χ4n) is 3.45. The van der Waals surface area contributed by atoms with Gasteiger partial charge in [0.2, 0.25) is 5.91 Å². The number of nitrogens with one attached hydrogen (secondary N) is 1. The van der Waals surface area contributed by atoms with Crippen molar-refractivity contribution in [3.05, 3.63) is 74.8 Å². The van der Waals surface area contributed by atoms with Crippen molar-refractivity contribution in [1.82, 2.24) is 10.2 Å². The van der Waals surface area contributed by atoms with Gasteiger partial charge in [0.1, 0.15) is 5.69 Å². The first-order valence-electron chi connectivity index (χ1n) is 10.3. The van der Waals surface area contributed by atoms with E-state index in [9.17, 15) is 14.9 Å². The highest BCUT2D eigenvalue weighted by atomic mass is 35.5. The van der Waals surface area contributed by atoms with Gasteiger partial charge in [-0.1, -0.05) is 49.7 Å². The van der Waals surface area contributed by atoms with Gasteiger partial charge in [0.15, 0.2) is 5.11 Å². The first-order valence-corrected chi connectivity index (χ1v) is 11.1. The Kier molecular flexibility index (Phi) is 7.82. The first kappa shape index (κ1) is 23.7. The van der Waals surface area contributed by atoms with Crippen molar-refractivity contribution in [2.45, 2.75) is 19.8 Å². The summed E-state index contributed by atoms with van der Waals surface area (Å²) in [6.45, 7) is 6.43. The molecule has 0 unspecified atom stereocenters. The Balaban J connectivity index is 1.53. The summed E-state index contributed by atoms with van der Waals surface area (Å²) in [5.41, 5.74) is 2.69. The molecular formula is C23H25ClN4O3S. The molecule has 2 aromatic rings. The van der Waals surface area contributed by atoms with Gasteiger partial charge in [-0.25, -0.2) is 0 Å². The Morgan fingerprint density at radius 3 is 2.41 bits per heavy atom. The highest BCUT2D eigenvalue weighted by molar-refractivity contribution is 7.80. The molecule has 1 aliphatic rings. The molecule has 3 rings (SSSR count). The molecule has 9 heteroatoms. The third-order valence-electron chi connectivity index (χ3n) is 5.30. The van der Waals surface area contributed by atoms with Crippen molar-refractivity contribution in [1.29, 1.82) is 0 Å². The van der Waals surface area contributed by atoms with Crippen LogP contribution in [0, 0.1) is 10.1 Å². The number of benzene rings is 2. The topological polar surface area (TPSA) is 78.7 Å². The number of rotatable bonds is 5. The second kappa shape index (κ2) is 10.6. The number of halogens is 1. The highest BCUT2D eigenvalue weighted by Crippen LogP contribution is 2.31. The number of hydrogen-bond donors (Lipinski definition) is 1. The van der Waals surface area contributed by atoms with Crippen LogP contribution in [0.1, 0.15) is 30.9 Å². The van der Waals surface area contributed by atoms with Crippen molar-refractivity contribution in [3.8, 4) is 0 Å². The Hall–Kier alpha value is -2.97. The number of piperazine rings is 1. The normalized spacial score (nSPS) is 14.1. The van der Waals surface area contributed by atoms with Crippen molar-refractivity contribution in [2.24, 2.45) is 0 Å². The van der Waals surface area contributed by atoms with Crippen LogP contribution >= 0.6 is 23.8 Å². The Bertz CT molecular complexity index is 1030. The van der Waals surface area contributed by atoms with E-state index in [1.54, 1.807) is 18.2 Å². The van der Waals surface area contributed by atoms with Crippen LogP contribution in [0.5, 0.6) is 0 Å². The largest absolute Gasteiger partial charge is 0.362 e. The summed E-state index contributed by atoms with van der Waals surface area (Å²) in [7, 11) is 0. The second-order valence-electron chi connectivity index (χ2n) is 7.81. The molecule has 0 atom stereocenters. The molecule has 0 bridgehead atoms. The number of thiocarbonyl (C=S) groups is 1. The zero-order chi connectivity index (χ0) is 23.3. The van der Waals surface area contributed by atoms with Crippen LogP contribution in [0.15, 0.2) is 48.5 Å². The smallest absolute Gasteiger partial charge is 0.294 e. The molecule has 1 aliphatic heterocycles. The molecule has 0 aromatic heterocycles. The third-order valence-corrected chi connectivity index (χ3v) is 5.90. The molecule has 0 aliphatic carbocycles. The van der Waals surface area contributed by atoms with Crippen LogP contribution in [0.2, 0.25) is 5.02 Å². The fourth-order valence-corrected chi connectivity index (χ4v) is 3.90. The fraction of sp³-hybridized carbons (Fsp3) is 0.304. The predicted molar refractivity (Wildman–Crippen MR) is 132 cm³/mol. The van der Waals surface area contributed by atoms with E-state index in [1.165, 1.54) is 17.7 Å². The summed E-state index contributed by atoms with van der Waals surface area (Å²) in [4.78, 5) is 27.0. The quantitative estimate of drug-likeness (QED) is 0.296.